The summed E-state index contributed by atoms with van der Waals surface area (Å²) in [5.74, 6) is -0.0832. The molecule has 2 rings (SSSR count). The van der Waals surface area contributed by atoms with Crippen LogP contribution in [-0.4, -0.2) is 58.4 Å². The molecule has 1 saturated heterocycles. The molecule has 6 unspecified atom stereocenters. The van der Waals surface area contributed by atoms with Crippen LogP contribution in [0.5, 0.6) is 0 Å². The number of nitrogens with two attached hydrogens (primary N) is 1. The molecule has 1 aromatic heterocycles. The first kappa shape index (κ1) is 24.6. The predicted octanol–water partition coefficient (Wildman–Crippen LogP) is -0.966. The van der Waals surface area contributed by atoms with Crippen molar-refractivity contribution in [3.8, 4) is 0 Å². The number of nitrogen functional groups attached to an aromatic ring is 1. The number of hydrogen-bond acceptors (Lipinski definition) is 11. The summed E-state index contributed by atoms with van der Waals surface area (Å²) in [7, 11) is -16.6. The minimum absolute atomic E-state index is 0.0832. The first-order chi connectivity index (χ1) is 13.1. The Kier molecular flexibility index (Phi) is 7.46. The van der Waals surface area contributed by atoms with E-state index in [0.717, 1.165) is 4.57 Å². The second kappa shape index (κ2) is 8.81. The zero-order chi connectivity index (χ0) is 22.2. The third-order valence-electron chi connectivity index (χ3n) is 3.24. The summed E-state index contributed by atoms with van der Waals surface area (Å²) in [6.07, 6.45) is -3.06. The number of phosphoric ester groups is 1. The maximum absolute atomic E-state index is 11.9. The highest BCUT2D eigenvalue weighted by molar-refractivity contribution is 7.66. The summed E-state index contributed by atoms with van der Waals surface area (Å²) >= 11 is 6.00. The van der Waals surface area contributed by atoms with Crippen LogP contribution < -0.4 is 11.4 Å². The van der Waals surface area contributed by atoms with Gasteiger partial charge in [-0.25, -0.2) is 18.5 Å². The molecule has 0 spiro atoms. The molecule has 2 heterocycles. The number of phosphoric acid groups is 3. The predicted molar refractivity (Wildman–Crippen MR) is 92.3 cm³/mol. The SMILES string of the molecule is Nc1ccn(C2OC(COP(=O)(O)OP(=O)(O)OP(=O)(O)O)C(O)C2Cl)c(=O)n1. The Balaban J connectivity index is 2.05. The van der Waals surface area contributed by atoms with Gasteiger partial charge in [0.15, 0.2) is 6.23 Å². The van der Waals surface area contributed by atoms with Gasteiger partial charge >= 0.3 is 29.2 Å². The van der Waals surface area contributed by atoms with E-state index < -0.39 is 59.6 Å². The van der Waals surface area contributed by atoms with Crippen LogP contribution in [0.4, 0.5) is 5.82 Å². The maximum Gasteiger partial charge on any atom is 0.490 e. The van der Waals surface area contributed by atoms with Crippen molar-refractivity contribution in [1.29, 1.82) is 0 Å². The van der Waals surface area contributed by atoms with Crippen molar-refractivity contribution in [2.75, 3.05) is 12.3 Å². The fourth-order valence-electron chi connectivity index (χ4n) is 2.16. The normalized spacial score (nSPS) is 29.3. The lowest BCUT2D eigenvalue weighted by Gasteiger charge is -2.19. The average Bonchev–Trinajstić information content (AvgIpc) is 2.78. The van der Waals surface area contributed by atoms with Crippen LogP contribution in [0, 0.1) is 0 Å². The van der Waals surface area contributed by atoms with Crippen molar-refractivity contribution in [2.24, 2.45) is 0 Å². The molecule has 16 nitrogen and oxygen atoms in total. The van der Waals surface area contributed by atoms with Gasteiger partial charge in [0.1, 0.15) is 23.4 Å². The summed E-state index contributed by atoms with van der Waals surface area (Å²) in [4.78, 5) is 50.7. The highest BCUT2D eigenvalue weighted by Crippen LogP contribution is 2.66. The highest BCUT2D eigenvalue weighted by atomic mass is 35.5. The largest absolute Gasteiger partial charge is 0.490 e. The zero-order valence-electron chi connectivity index (χ0n) is 13.9. The van der Waals surface area contributed by atoms with Crippen molar-refractivity contribution in [3.63, 3.8) is 0 Å². The molecule has 0 amide bonds. The molecule has 6 atom stereocenters. The van der Waals surface area contributed by atoms with Crippen LogP contribution in [0.25, 0.3) is 0 Å². The van der Waals surface area contributed by atoms with Crippen LogP contribution in [0.2, 0.25) is 0 Å². The Labute approximate surface area is 166 Å². The minimum Gasteiger partial charge on any atom is -0.389 e. The number of hydrogen-bond donors (Lipinski definition) is 6. The number of aromatic nitrogens is 2. The van der Waals surface area contributed by atoms with Crippen molar-refractivity contribution in [1.82, 2.24) is 9.55 Å². The maximum atomic E-state index is 11.9. The Morgan fingerprint density at radius 2 is 1.83 bits per heavy atom. The number of rotatable bonds is 8. The van der Waals surface area contributed by atoms with Gasteiger partial charge < -0.3 is 35.2 Å². The van der Waals surface area contributed by atoms with Crippen molar-refractivity contribution < 1.29 is 56.3 Å². The van der Waals surface area contributed by atoms with Crippen molar-refractivity contribution in [2.45, 2.75) is 23.8 Å². The van der Waals surface area contributed by atoms with E-state index >= 15 is 0 Å². The van der Waals surface area contributed by atoms with Gasteiger partial charge in [-0.15, -0.1) is 11.6 Å². The summed E-state index contributed by atoms with van der Waals surface area (Å²) < 4.78 is 51.2. The molecule has 0 bridgehead atoms. The average molecular weight is 502 g/mol. The standard InChI is InChI=1S/C9H15ClN3O13P3/c10-6-7(14)4(24-8(6)13-2-1-5(11)12-9(13)15)3-23-28(19,20)26-29(21,22)25-27(16,17)18/h1-2,4,6-8,14H,3H2,(H,19,20)(H,21,22)(H2,11,12,15)(H2,16,17,18). The van der Waals surface area contributed by atoms with E-state index in [4.69, 9.17) is 36.8 Å². The Hall–Kier alpha value is -0.700. The van der Waals surface area contributed by atoms with E-state index in [1.54, 1.807) is 0 Å². The van der Waals surface area contributed by atoms with Gasteiger partial charge in [-0.2, -0.15) is 13.6 Å². The van der Waals surface area contributed by atoms with Crippen molar-refractivity contribution in [3.05, 3.63) is 22.7 Å². The summed E-state index contributed by atoms with van der Waals surface area (Å²) in [5, 5.41) is 8.83. The summed E-state index contributed by atoms with van der Waals surface area (Å²) in [6.45, 7) is -0.943. The topological polar surface area (TPSA) is 250 Å². The monoisotopic (exact) mass is 501 g/mol. The Bertz CT molecular complexity index is 951. The summed E-state index contributed by atoms with van der Waals surface area (Å²) in [5.41, 5.74) is 4.50. The Morgan fingerprint density at radius 3 is 2.38 bits per heavy atom. The molecule has 7 N–H and O–H groups in total. The number of anilines is 1. The number of aliphatic hydroxyl groups excluding tert-OH is 1. The van der Waals surface area contributed by atoms with Crippen LogP contribution in [0.3, 0.4) is 0 Å². The molecule has 0 aliphatic carbocycles. The lowest BCUT2D eigenvalue weighted by molar-refractivity contribution is -0.0448. The first-order valence-corrected chi connectivity index (χ1v) is 12.2. The molecule has 1 aromatic rings. The third-order valence-corrected chi connectivity index (χ3v) is 7.51. The molecule has 1 aliphatic rings. The van der Waals surface area contributed by atoms with Gasteiger partial charge in [0.05, 0.1) is 6.61 Å². The van der Waals surface area contributed by atoms with E-state index in [-0.39, 0.29) is 5.82 Å². The smallest absolute Gasteiger partial charge is 0.389 e. The molecule has 166 valence electrons. The van der Waals surface area contributed by atoms with Gasteiger partial charge in [0.2, 0.25) is 0 Å². The van der Waals surface area contributed by atoms with E-state index in [2.05, 4.69) is 18.1 Å². The number of alkyl halides is 1. The highest BCUT2D eigenvalue weighted by Gasteiger charge is 2.46. The van der Waals surface area contributed by atoms with E-state index in [1.807, 2.05) is 0 Å². The Morgan fingerprint density at radius 1 is 1.21 bits per heavy atom. The first-order valence-electron chi connectivity index (χ1n) is 7.21. The van der Waals surface area contributed by atoms with Gasteiger partial charge in [0, 0.05) is 6.20 Å². The van der Waals surface area contributed by atoms with Gasteiger partial charge in [0.25, 0.3) is 0 Å². The number of aliphatic hydroxyl groups is 1. The van der Waals surface area contributed by atoms with E-state index in [1.165, 1.54) is 12.3 Å². The second-order valence-corrected chi connectivity index (χ2v) is 10.4. The minimum atomic E-state index is -5.69. The second-order valence-electron chi connectivity index (χ2n) is 5.43. The van der Waals surface area contributed by atoms with Gasteiger partial charge in [-0.3, -0.25) is 9.09 Å². The quantitative estimate of drug-likeness (QED) is 0.185. The lowest BCUT2D eigenvalue weighted by Crippen LogP contribution is -2.33. The number of halogens is 1. The van der Waals surface area contributed by atoms with Crippen LogP contribution in [-0.2, 0) is 31.6 Å². The fourth-order valence-corrected chi connectivity index (χ4v) is 5.53. The molecule has 0 saturated carbocycles. The van der Waals surface area contributed by atoms with Crippen LogP contribution >= 0.6 is 35.1 Å². The van der Waals surface area contributed by atoms with E-state index in [0.29, 0.717) is 0 Å². The third kappa shape index (κ3) is 6.91. The van der Waals surface area contributed by atoms with Gasteiger partial charge in [-0.05, 0) is 6.07 Å². The zero-order valence-corrected chi connectivity index (χ0v) is 17.3. The molecule has 1 fully saturated rings. The van der Waals surface area contributed by atoms with Gasteiger partial charge in [-0.1, -0.05) is 0 Å². The number of ether oxygens (including phenoxy) is 1. The van der Waals surface area contributed by atoms with Crippen molar-refractivity contribution >= 4 is 40.9 Å². The van der Waals surface area contributed by atoms with E-state index in [9.17, 15) is 28.5 Å². The molecule has 1 aliphatic heterocycles. The van der Waals surface area contributed by atoms with Crippen LogP contribution in [0.1, 0.15) is 6.23 Å². The number of nitrogens with zero attached hydrogens (tertiary/aromatic N) is 2. The summed E-state index contributed by atoms with van der Waals surface area (Å²) in [6, 6.07) is 1.25. The molecule has 0 aromatic carbocycles. The van der Waals surface area contributed by atoms with Crippen LogP contribution in [0.15, 0.2) is 17.1 Å². The molecular formula is C9H15ClN3O13P3. The molecule has 20 heteroatoms. The molecule has 0 radical (unpaired) electrons. The lowest BCUT2D eigenvalue weighted by atomic mass is 10.2. The molecular weight excluding hydrogens is 486 g/mol. The fraction of sp³-hybridized carbons (Fsp3) is 0.556. The molecule has 29 heavy (non-hydrogen) atoms.